The van der Waals surface area contributed by atoms with E-state index in [9.17, 15) is 9.90 Å². The molecule has 0 aliphatic carbocycles. The molecule has 0 spiro atoms. The Labute approximate surface area is 331 Å². The van der Waals surface area contributed by atoms with Gasteiger partial charge in [-0.05, 0) is 77.2 Å². The van der Waals surface area contributed by atoms with Crippen molar-refractivity contribution in [3.63, 3.8) is 0 Å². The lowest BCUT2D eigenvalue weighted by Crippen LogP contribution is -2.52. The third-order valence-corrected chi connectivity index (χ3v) is 12.1. The normalized spacial score (nSPS) is 16.4. The third kappa shape index (κ3) is 28.1. The summed E-state index contributed by atoms with van der Waals surface area (Å²) in [5.41, 5.74) is 0.175. The smallest absolute Gasteiger partial charge is 0.305 e. The van der Waals surface area contributed by atoms with Gasteiger partial charge in [-0.15, -0.1) is 0 Å². The summed E-state index contributed by atoms with van der Waals surface area (Å²) < 4.78 is 12.1. The molecule has 1 N–H and O–H groups in total. The molecule has 0 amide bonds. The van der Waals surface area contributed by atoms with E-state index in [1.165, 1.54) is 186 Å². The molecular weight excluding hydrogens is 655 g/mol. The first-order valence-electron chi connectivity index (χ1n) is 23.9. The van der Waals surface area contributed by atoms with Crippen LogP contribution in [0.1, 0.15) is 252 Å². The van der Waals surface area contributed by atoms with E-state index in [2.05, 4.69) is 32.3 Å². The van der Waals surface area contributed by atoms with Gasteiger partial charge in [-0.2, -0.15) is 0 Å². The van der Waals surface area contributed by atoms with Gasteiger partial charge in [0, 0.05) is 24.9 Å². The highest BCUT2D eigenvalue weighted by Gasteiger charge is 2.37. The van der Waals surface area contributed by atoms with Crippen molar-refractivity contribution in [1.82, 2.24) is 4.90 Å². The number of aliphatic hydroxyl groups is 1. The molecule has 5 nitrogen and oxygen atoms in total. The number of β-amino-alcohol motifs (C(OH)–C–C–N with tert-alkyl or cyclic N) is 1. The number of aliphatic hydroxyl groups excluding tert-OH is 1. The molecule has 1 heterocycles. The largest absolute Gasteiger partial charge is 0.495 e. The van der Waals surface area contributed by atoms with E-state index in [1.54, 1.807) is 0 Å². The molecule has 0 aromatic carbocycles. The van der Waals surface area contributed by atoms with Gasteiger partial charge in [0.25, 0.3) is 0 Å². The first kappa shape index (κ1) is 49.9. The highest BCUT2D eigenvalue weighted by Crippen LogP contribution is 2.37. The maximum absolute atomic E-state index is 12.5. The van der Waals surface area contributed by atoms with Crippen LogP contribution < -0.4 is 0 Å². The molecule has 0 saturated carbocycles. The minimum atomic E-state index is -0.0174. The zero-order valence-corrected chi connectivity index (χ0v) is 36.2. The zero-order chi connectivity index (χ0) is 38.5. The van der Waals surface area contributed by atoms with E-state index in [4.69, 9.17) is 9.47 Å². The fraction of sp³-hybridized carbons (Fsp3) is 0.938. The fourth-order valence-corrected chi connectivity index (χ4v) is 8.70. The standard InChI is InChI=1S/C48H93NO4/c1-5-8-11-14-17-18-19-24-33-44-52-47(51)37-28-30-39-48(40-31-32-41-49(48)42-43-50)38-29-23-22-25-34-45(4)53-46(35-26-20-15-12-9-6-2)36-27-21-16-13-10-7-3/h46,50H,4-44H2,1-3H3. The molecule has 314 valence electrons. The van der Waals surface area contributed by atoms with Gasteiger partial charge in [0.05, 0.1) is 25.1 Å². The molecule has 0 aromatic heterocycles. The predicted molar refractivity (Wildman–Crippen MR) is 230 cm³/mol. The molecule has 1 aliphatic heterocycles. The number of ether oxygens (including phenoxy) is 2. The van der Waals surface area contributed by atoms with Crippen LogP contribution in [0.2, 0.25) is 0 Å². The van der Waals surface area contributed by atoms with E-state index < -0.39 is 0 Å². The van der Waals surface area contributed by atoms with Gasteiger partial charge in [0.1, 0.15) is 0 Å². The molecule has 1 unspecified atom stereocenters. The molecule has 1 rings (SSSR count). The van der Waals surface area contributed by atoms with Crippen LogP contribution in [0, 0.1) is 0 Å². The summed E-state index contributed by atoms with van der Waals surface area (Å²) in [6.07, 6.45) is 44.8. The lowest BCUT2D eigenvalue weighted by Gasteiger charge is -2.48. The number of allylic oxidation sites excluding steroid dienone is 1. The van der Waals surface area contributed by atoms with Crippen LogP contribution in [0.4, 0.5) is 0 Å². The van der Waals surface area contributed by atoms with Crippen LogP contribution in [-0.4, -0.2) is 53.9 Å². The van der Waals surface area contributed by atoms with E-state index in [-0.39, 0.29) is 18.1 Å². The number of hydrogen-bond acceptors (Lipinski definition) is 5. The minimum absolute atomic E-state index is 0.0174. The summed E-state index contributed by atoms with van der Waals surface area (Å²) in [6.45, 7) is 13.9. The Morgan fingerprint density at radius 1 is 0.623 bits per heavy atom. The maximum Gasteiger partial charge on any atom is 0.305 e. The summed E-state index contributed by atoms with van der Waals surface area (Å²) >= 11 is 0. The number of unbranched alkanes of at least 4 members (excludes halogenated alkanes) is 22. The number of likely N-dealkylation sites (tertiary alicyclic amines) is 1. The van der Waals surface area contributed by atoms with Crippen LogP contribution in [-0.2, 0) is 14.3 Å². The second-order valence-corrected chi connectivity index (χ2v) is 17.0. The zero-order valence-electron chi connectivity index (χ0n) is 36.2. The Kier molecular flexibility index (Phi) is 34.5. The Bertz CT molecular complexity index is 799. The van der Waals surface area contributed by atoms with Crippen molar-refractivity contribution in [2.45, 2.75) is 264 Å². The molecule has 1 atom stereocenters. The summed E-state index contributed by atoms with van der Waals surface area (Å²) in [6, 6.07) is 0. The molecule has 0 aromatic rings. The topological polar surface area (TPSA) is 59.0 Å². The van der Waals surface area contributed by atoms with Gasteiger partial charge in [-0.1, -0.05) is 175 Å². The summed E-state index contributed by atoms with van der Waals surface area (Å²) in [7, 11) is 0. The number of esters is 1. The van der Waals surface area contributed by atoms with Crippen LogP contribution in [0.3, 0.4) is 0 Å². The number of nitrogens with zero attached hydrogens (tertiary/aromatic N) is 1. The summed E-state index contributed by atoms with van der Waals surface area (Å²) in [5.74, 6) is 0.993. The summed E-state index contributed by atoms with van der Waals surface area (Å²) in [4.78, 5) is 15.1. The highest BCUT2D eigenvalue weighted by molar-refractivity contribution is 5.69. The Balaban J connectivity index is 2.38. The number of carbonyl (C=O) groups excluding carboxylic acids is 1. The first-order valence-corrected chi connectivity index (χ1v) is 23.9. The first-order chi connectivity index (χ1) is 26.0. The SMILES string of the molecule is C=C(CCCCCCC1(CCCCC(=O)OCCCCCCCCCCC)CCCCN1CCO)OC(CCCCCCCC)CCCCCCCC. The van der Waals surface area contributed by atoms with Gasteiger partial charge < -0.3 is 14.6 Å². The second-order valence-electron chi connectivity index (χ2n) is 17.0. The predicted octanol–water partition coefficient (Wildman–Crippen LogP) is 14.6. The number of carbonyl (C=O) groups is 1. The van der Waals surface area contributed by atoms with Crippen molar-refractivity contribution < 1.29 is 19.4 Å². The Morgan fingerprint density at radius 2 is 1.09 bits per heavy atom. The van der Waals surface area contributed by atoms with Crippen molar-refractivity contribution >= 4 is 5.97 Å². The van der Waals surface area contributed by atoms with E-state index in [0.717, 1.165) is 57.4 Å². The second kappa shape index (κ2) is 36.6. The molecule has 0 radical (unpaired) electrons. The lowest BCUT2D eigenvalue weighted by atomic mass is 9.78. The monoisotopic (exact) mass is 748 g/mol. The fourth-order valence-electron chi connectivity index (χ4n) is 8.70. The van der Waals surface area contributed by atoms with Crippen molar-refractivity contribution in [2.24, 2.45) is 0 Å². The number of rotatable bonds is 40. The molecular formula is C48H93NO4. The van der Waals surface area contributed by atoms with Gasteiger partial charge in [-0.3, -0.25) is 9.69 Å². The van der Waals surface area contributed by atoms with Gasteiger partial charge in [0.2, 0.25) is 0 Å². The van der Waals surface area contributed by atoms with E-state index in [0.29, 0.717) is 19.1 Å². The Hall–Kier alpha value is -1.07. The van der Waals surface area contributed by atoms with Crippen molar-refractivity contribution in [3.8, 4) is 0 Å². The average molecular weight is 748 g/mol. The molecule has 1 fully saturated rings. The number of hydrogen-bond donors (Lipinski definition) is 1. The van der Waals surface area contributed by atoms with Crippen molar-refractivity contribution in [2.75, 3.05) is 26.3 Å². The summed E-state index contributed by atoms with van der Waals surface area (Å²) in [5, 5.41) is 9.91. The van der Waals surface area contributed by atoms with Gasteiger partial charge >= 0.3 is 5.97 Å². The van der Waals surface area contributed by atoms with Crippen LogP contribution in [0.5, 0.6) is 0 Å². The molecule has 0 bridgehead atoms. The molecule has 53 heavy (non-hydrogen) atoms. The van der Waals surface area contributed by atoms with Gasteiger partial charge in [0.15, 0.2) is 0 Å². The minimum Gasteiger partial charge on any atom is -0.495 e. The van der Waals surface area contributed by atoms with Crippen LogP contribution in [0.15, 0.2) is 12.3 Å². The molecule has 1 saturated heterocycles. The van der Waals surface area contributed by atoms with Crippen molar-refractivity contribution in [1.29, 1.82) is 0 Å². The molecule has 5 heteroatoms. The lowest BCUT2D eigenvalue weighted by molar-refractivity contribution is -0.144. The average Bonchev–Trinajstić information content (AvgIpc) is 3.16. The highest BCUT2D eigenvalue weighted by atomic mass is 16.5. The van der Waals surface area contributed by atoms with Crippen LogP contribution >= 0.6 is 0 Å². The van der Waals surface area contributed by atoms with E-state index in [1.807, 2.05) is 0 Å². The van der Waals surface area contributed by atoms with Gasteiger partial charge in [-0.25, -0.2) is 0 Å². The Morgan fingerprint density at radius 3 is 1.66 bits per heavy atom. The number of piperidine rings is 1. The third-order valence-electron chi connectivity index (χ3n) is 12.1. The van der Waals surface area contributed by atoms with E-state index >= 15 is 0 Å². The van der Waals surface area contributed by atoms with Crippen molar-refractivity contribution in [3.05, 3.63) is 12.3 Å². The maximum atomic E-state index is 12.5. The quantitative estimate of drug-likeness (QED) is 0.0384. The van der Waals surface area contributed by atoms with Crippen LogP contribution in [0.25, 0.3) is 0 Å². The molecule has 1 aliphatic rings.